The van der Waals surface area contributed by atoms with Gasteiger partial charge in [-0.2, -0.15) is 0 Å². The Hall–Kier alpha value is -2.11. The highest BCUT2D eigenvalue weighted by molar-refractivity contribution is 7.12. The number of ether oxygens (including phenoxy) is 1. The highest BCUT2D eigenvalue weighted by Gasteiger charge is 2.44. The third-order valence-corrected chi connectivity index (χ3v) is 6.69. The van der Waals surface area contributed by atoms with Crippen molar-refractivity contribution in [3.63, 3.8) is 0 Å². The summed E-state index contributed by atoms with van der Waals surface area (Å²) in [5.41, 5.74) is 1.07. The second kappa shape index (κ2) is 7.29. The molecule has 4 N–H and O–H groups in total. The van der Waals surface area contributed by atoms with Crippen LogP contribution >= 0.6 is 11.3 Å². The predicted molar refractivity (Wildman–Crippen MR) is 106 cm³/mol. The number of nitrogens with one attached hydrogen (secondary N) is 1. The van der Waals surface area contributed by atoms with Crippen LogP contribution in [-0.4, -0.2) is 59.8 Å². The molecule has 0 bridgehead atoms. The van der Waals surface area contributed by atoms with Crippen LogP contribution in [0.1, 0.15) is 34.9 Å². The number of imidazole rings is 1. The van der Waals surface area contributed by atoms with E-state index in [1.165, 1.54) is 35.3 Å². The standard InChI is InChI=1S/C19H23N5O4S/c1-9-2-5-12(29-9)13(10-3-4-10)23-17-14-18(21-7-20-17)24(8-22-14)19-16(27)15(26)11(6-25)28-19/h2,5,7-8,10-11,13,15-16,19,25-27H,3-4,6H2,1H3,(H,20,21,23)/t11-,13?,15?,16?,19-/m1/s1. The van der Waals surface area contributed by atoms with Gasteiger partial charge in [-0.15, -0.1) is 11.3 Å². The molecule has 1 aliphatic heterocycles. The van der Waals surface area contributed by atoms with Crippen LogP contribution in [0.3, 0.4) is 0 Å². The van der Waals surface area contributed by atoms with Crippen LogP contribution in [0.2, 0.25) is 0 Å². The summed E-state index contributed by atoms with van der Waals surface area (Å²) >= 11 is 1.78. The van der Waals surface area contributed by atoms with E-state index in [-0.39, 0.29) is 12.6 Å². The van der Waals surface area contributed by atoms with E-state index in [0.717, 1.165) is 0 Å². The number of fused-ring (bicyclic) bond motifs is 1. The fraction of sp³-hybridized carbons (Fsp3) is 0.526. The van der Waals surface area contributed by atoms with E-state index in [4.69, 9.17) is 4.74 Å². The zero-order chi connectivity index (χ0) is 20.1. The molecule has 3 aromatic heterocycles. The smallest absolute Gasteiger partial charge is 0.167 e. The molecule has 2 fully saturated rings. The van der Waals surface area contributed by atoms with Crippen LogP contribution in [0.5, 0.6) is 0 Å². The molecule has 4 heterocycles. The van der Waals surface area contributed by atoms with Gasteiger partial charge in [-0.3, -0.25) is 4.57 Å². The number of hydrogen-bond donors (Lipinski definition) is 4. The van der Waals surface area contributed by atoms with Crippen molar-refractivity contribution in [1.82, 2.24) is 19.5 Å². The molecule has 5 atom stereocenters. The third-order valence-electron chi connectivity index (χ3n) is 5.60. The molecule has 0 spiro atoms. The van der Waals surface area contributed by atoms with Crippen molar-refractivity contribution in [1.29, 1.82) is 0 Å². The van der Waals surface area contributed by atoms with Gasteiger partial charge in [-0.25, -0.2) is 15.0 Å². The van der Waals surface area contributed by atoms with E-state index in [1.807, 2.05) is 0 Å². The maximum atomic E-state index is 10.3. The number of aryl methyl sites for hydroxylation is 1. The number of anilines is 1. The van der Waals surface area contributed by atoms with Crippen molar-refractivity contribution < 1.29 is 20.1 Å². The quantitative estimate of drug-likeness (QED) is 0.474. The Bertz CT molecular complexity index is 1020. The lowest BCUT2D eigenvalue weighted by molar-refractivity contribution is -0.0511. The minimum atomic E-state index is -1.19. The van der Waals surface area contributed by atoms with E-state index in [9.17, 15) is 15.3 Å². The number of aromatic nitrogens is 4. The second-order valence-corrected chi connectivity index (χ2v) is 9.00. The Morgan fingerprint density at radius 3 is 2.72 bits per heavy atom. The lowest BCUT2D eigenvalue weighted by Crippen LogP contribution is -2.33. The SMILES string of the molecule is Cc1ccc(C(Nc2ncnc3c2ncn3[C@@H]2O[C@H](CO)C(O)C2O)C2CC2)s1. The lowest BCUT2D eigenvalue weighted by Gasteiger charge is -2.18. The molecule has 3 aromatic rings. The van der Waals surface area contributed by atoms with Crippen LogP contribution in [-0.2, 0) is 4.74 Å². The average Bonchev–Trinajstić information content (AvgIpc) is 3.22. The van der Waals surface area contributed by atoms with Crippen molar-refractivity contribution in [2.45, 2.75) is 50.3 Å². The van der Waals surface area contributed by atoms with Gasteiger partial charge in [0.1, 0.15) is 24.6 Å². The van der Waals surface area contributed by atoms with Crippen molar-refractivity contribution >= 4 is 28.3 Å². The monoisotopic (exact) mass is 417 g/mol. The number of rotatable bonds is 6. The first-order valence-corrected chi connectivity index (χ1v) is 10.5. The summed E-state index contributed by atoms with van der Waals surface area (Å²) in [4.78, 5) is 15.7. The van der Waals surface area contributed by atoms with Gasteiger partial charge in [-0.1, -0.05) is 0 Å². The summed E-state index contributed by atoms with van der Waals surface area (Å²) < 4.78 is 7.20. The number of nitrogens with zero attached hydrogens (tertiary/aromatic N) is 4. The summed E-state index contributed by atoms with van der Waals surface area (Å²) in [5.74, 6) is 1.20. The molecule has 0 radical (unpaired) electrons. The molecule has 2 aliphatic rings. The van der Waals surface area contributed by atoms with E-state index in [0.29, 0.717) is 22.9 Å². The molecule has 154 valence electrons. The van der Waals surface area contributed by atoms with Crippen LogP contribution in [0, 0.1) is 12.8 Å². The molecular weight excluding hydrogens is 394 g/mol. The second-order valence-electron chi connectivity index (χ2n) is 7.68. The van der Waals surface area contributed by atoms with E-state index < -0.39 is 24.5 Å². The topological polar surface area (TPSA) is 126 Å². The Morgan fingerprint density at radius 1 is 1.24 bits per heavy atom. The first kappa shape index (κ1) is 18.9. The normalized spacial score (nSPS) is 28.1. The summed E-state index contributed by atoms with van der Waals surface area (Å²) in [5, 5.41) is 33.3. The van der Waals surface area contributed by atoms with E-state index in [2.05, 4.69) is 39.3 Å². The fourth-order valence-corrected chi connectivity index (χ4v) is 4.89. The molecule has 1 saturated carbocycles. The van der Waals surface area contributed by atoms with Crippen LogP contribution in [0.25, 0.3) is 11.2 Å². The highest BCUT2D eigenvalue weighted by atomic mass is 32.1. The average molecular weight is 417 g/mol. The van der Waals surface area contributed by atoms with Crippen molar-refractivity contribution in [2.75, 3.05) is 11.9 Å². The first-order chi connectivity index (χ1) is 14.1. The van der Waals surface area contributed by atoms with Gasteiger partial charge >= 0.3 is 0 Å². The molecule has 10 heteroatoms. The molecule has 3 unspecified atom stereocenters. The Balaban J connectivity index is 1.47. The van der Waals surface area contributed by atoms with Gasteiger partial charge in [0.15, 0.2) is 23.2 Å². The zero-order valence-corrected chi connectivity index (χ0v) is 16.7. The molecule has 5 rings (SSSR count). The number of thiophene rings is 1. The number of aliphatic hydroxyl groups excluding tert-OH is 3. The van der Waals surface area contributed by atoms with Gasteiger partial charge in [0.2, 0.25) is 0 Å². The largest absolute Gasteiger partial charge is 0.394 e. The van der Waals surface area contributed by atoms with Gasteiger partial charge < -0.3 is 25.4 Å². The summed E-state index contributed by atoms with van der Waals surface area (Å²) in [6.45, 7) is 1.72. The summed E-state index contributed by atoms with van der Waals surface area (Å²) in [6.07, 6.45) is 1.23. The number of aliphatic hydroxyl groups is 3. The summed E-state index contributed by atoms with van der Waals surface area (Å²) in [6, 6.07) is 4.46. The molecular formula is C19H23N5O4S. The van der Waals surface area contributed by atoms with Crippen molar-refractivity contribution in [3.05, 3.63) is 34.5 Å². The van der Waals surface area contributed by atoms with Crippen LogP contribution < -0.4 is 5.32 Å². The first-order valence-electron chi connectivity index (χ1n) is 9.69. The third kappa shape index (κ3) is 3.30. The molecule has 9 nitrogen and oxygen atoms in total. The van der Waals surface area contributed by atoms with E-state index >= 15 is 0 Å². The Labute approximate surface area is 171 Å². The van der Waals surface area contributed by atoms with Gasteiger partial charge in [0, 0.05) is 9.75 Å². The minimum absolute atomic E-state index is 0.172. The minimum Gasteiger partial charge on any atom is -0.394 e. The molecule has 1 aliphatic carbocycles. The maximum Gasteiger partial charge on any atom is 0.167 e. The Kier molecular flexibility index (Phi) is 4.75. The molecule has 0 aromatic carbocycles. The maximum absolute atomic E-state index is 10.3. The fourth-order valence-electron chi connectivity index (χ4n) is 3.87. The number of hydrogen-bond acceptors (Lipinski definition) is 9. The van der Waals surface area contributed by atoms with E-state index in [1.54, 1.807) is 15.9 Å². The van der Waals surface area contributed by atoms with Crippen LogP contribution in [0.15, 0.2) is 24.8 Å². The molecule has 29 heavy (non-hydrogen) atoms. The zero-order valence-electron chi connectivity index (χ0n) is 15.8. The highest BCUT2D eigenvalue weighted by Crippen LogP contribution is 2.45. The summed E-state index contributed by atoms with van der Waals surface area (Å²) in [7, 11) is 0. The molecule has 0 amide bonds. The van der Waals surface area contributed by atoms with Crippen LogP contribution in [0.4, 0.5) is 5.82 Å². The molecule has 1 saturated heterocycles. The Morgan fingerprint density at radius 2 is 2.07 bits per heavy atom. The lowest BCUT2D eigenvalue weighted by atomic mass is 10.1. The van der Waals surface area contributed by atoms with Gasteiger partial charge in [0.05, 0.1) is 19.0 Å². The van der Waals surface area contributed by atoms with Crippen molar-refractivity contribution in [3.8, 4) is 0 Å². The van der Waals surface area contributed by atoms with Gasteiger partial charge in [0.25, 0.3) is 0 Å². The van der Waals surface area contributed by atoms with Gasteiger partial charge in [-0.05, 0) is 37.8 Å². The predicted octanol–water partition coefficient (Wildman–Crippen LogP) is 1.37. The van der Waals surface area contributed by atoms with Crippen molar-refractivity contribution in [2.24, 2.45) is 5.92 Å².